The van der Waals surface area contributed by atoms with Crippen molar-refractivity contribution in [3.8, 4) is 22.4 Å². The van der Waals surface area contributed by atoms with E-state index in [1.54, 1.807) is 17.9 Å². The largest absolute Gasteiger partial charge is 0.497 e. The third kappa shape index (κ3) is 4.14. The number of hydrogen-bond donors (Lipinski definition) is 2. The molecule has 3 heterocycles. The van der Waals surface area contributed by atoms with Gasteiger partial charge in [-0.1, -0.05) is 17.4 Å². The van der Waals surface area contributed by atoms with Crippen LogP contribution in [0.5, 0.6) is 17.2 Å². The molecule has 2 amide bonds. The Balaban J connectivity index is 1.56. The first-order valence-corrected chi connectivity index (χ1v) is 11.6. The number of methoxy groups -OCH3 is 2. The van der Waals surface area contributed by atoms with Gasteiger partial charge in [0.2, 0.25) is 11.0 Å². The molecule has 0 saturated carbocycles. The molecule has 0 bridgehead atoms. The molecule has 2 aromatic heterocycles. The van der Waals surface area contributed by atoms with Crippen LogP contribution in [-0.2, 0) is 9.59 Å². The number of carbonyl (C=O) groups excluding carboxylic acids is 2. The van der Waals surface area contributed by atoms with E-state index in [0.29, 0.717) is 22.4 Å². The molecule has 0 fully saturated rings. The quantitative estimate of drug-likeness (QED) is 0.404. The fourth-order valence-corrected chi connectivity index (χ4v) is 5.20. The van der Waals surface area contributed by atoms with Gasteiger partial charge in [-0.15, -0.1) is 0 Å². The number of fused-ring (bicyclic) bond motifs is 2. The van der Waals surface area contributed by atoms with E-state index in [4.69, 9.17) is 30.0 Å². The SMILES string of the molecule is COc1ccc2nc(-n3nc(C)c4c3NC(=O)C[C@H]4c3ccc(OCC(N)=O)c(OC)c3)sc2c1. The van der Waals surface area contributed by atoms with Gasteiger partial charge in [0, 0.05) is 17.9 Å². The van der Waals surface area contributed by atoms with Gasteiger partial charge in [-0.3, -0.25) is 9.59 Å². The molecule has 2 aromatic carbocycles. The fourth-order valence-electron chi connectivity index (χ4n) is 4.25. The highest BCUT2D eigenvalue weighted by Gasteiger charge is 2.33. The van der Waals surface area contributed by atoms with Gasteiger partial charge in [0.25, 0.3) is 5.91 Å². The van der Waals surface area contributed by atoms with Crippen LogP contribution in [0.1, 0.15) is 29.2 Å². The summed E-state index contributed by atoms with van der Waals surface area (Å²) in [5.74, 6) is 1.23. The van der Waals surface area contributed by atoms with Crippen molar-refractivity contribution in [3.05, 3.63) is 53.2 Å². The van der Waals surface area contributed by atoms with Gasteiger partial charge in [-0.05, 0) is 42.8 Å². The predicted octanol–water partition coefficient (Wildman–Crippen LogP) is 3.15. The summed E-state index contributed by atoms with van der Waals surface area (Å²) >= 11 is 1.46. The highest BCUT2D eigenvalue weighted by molar-refractivity contribution is 7.20. The number of amides is 2. The second kappa shape index (κ2) is 8.91. The lowest BCUT2D eigenvalue weighted by Gasteiger charge is -2.24. The number of aromatic nitrogens is 3. The third-order valence-electron chi connectivity index (χ3n) is 5.83. The van der Waals surface area contributed by atoms with Gasteiger partial charge < -0.3 is 25.3 Å². The van der Waals surface area contributed by atoms with Crippen molar-refractivity contribution >= 4 is 39.2 Å². The molecule has 4 aromatic rings. The van der Waals surface area contributed by atoms with Crippen molar-refractivity contribution in [2.45, 2.75) is 19.3 Å². The van der Waals surface area contributed by atoms with E-state index in [1.165, 1.54) is 18.4 Å². The predicted molar refractivity (Wildman–Crippen MR) is 131 cm³/mol. The Labute approximate surface area is 204 Å². The molecular weight excluding hydrogens is 470 g/mol. The zero-order valence-corrected chi connectivity index (χ0v) is 20.1. The Kier molecular flexibility index (Phi) is 5.77. The van der Waals surface area contributed by atoms with E-state index in [-0.39, 0.29) is 24.9 Å². The van der Waals surface area contributed by atoms with Crippen molar-refractivity contribution in [1.82, 2.24) is 14.8 Å². The summed E-state index contributed by atoms with van der Waals surface area (Å²) < 4.78 is 18.9. The highest BCUT2D eigenvalue weighted by atomic mass is 32.1. The van der Waals surface area contributed by atoms with Crippen molar-refractivity contribution in [1.29, 1.82) is 0 Å². The number of primary amides is 1. The average molecular weight is 494 g/mol. The molecule has 180 valence electrons. The zero-order valence-electron chi connectivity index (χ0n) is 19.3. The first-order chi connectivity index (χ1) is 16.9. The Morgan fingerprint density at radius 1 is 1.20 bits per heavy atom. The van der Waals surface area contributed by atoms with Gasteiger partial charge >= 0.3 is 0 Å². The summed E-state index contributed by atoms with van der Waals surface area (Å²) in [4.78, 5) is 28.6. The van der Waals surface area contributed by atoms with Crippen molar-refractivity contribution < 1.29 is 23.8 Å². The average Bonchev–Trinajstić information content (AvgIpc) is 3.42. The van der Waals surface area contributed by atoms with Gasteiger partial charge in [-0.25, -0.2) is 4.98 Å². The van der Waals surface area contributed by atoms with Crippen LogP contribution in [-0.4, -0.2) is 47.4 Å². The van der Waals surface area contributed by atoms with Crippen LogP contribution in [0, 0.1) is 6.92 Å². The number of thiazole rings is 1. The maximum Gasteiger partial charge on any atom is 0.255 e. The molecule has 0 spiro atoms. The van der Waals surface area contributed by atoms with Crippen molar-refractivity contribution in [3.63, 3.8) is 0 Å². The molecule has 5 rings (SSSR count). The van der Waals surface area contributed by atoms with E-state index >= 15 is 0 Å². The molecule has 0 unspecified atom stereocenters. The number of hydrogen-bond acceptors (Lipinski definition) is 8. The topological polar surface area (TPSA) is 131 Å². The second-order valence-corrected chi connectivity index (χ2v) is 9.07. The lowest BCUT2D eigenvalue weighted by Crippen LogP contribution is -2.25. The number of rotatable bonds is 7. The van der Waals surface area contributed by atoms with E-state index in [0.717, 1.165) is 32.8 Å². The molecule has 0 aliphatic carbocycles. The number of carbonyl (C=O) groups is 2. The number of nitrogens with one attached hydrogen (secondary N) is 1. The fraction of sp³-hybridized carbons (Fsp3) is 0.250. The standard InChI is InChI=1S/C24H23N5O5S/c1-12-22-15(13-4-7-17(18(8-13)33-3)34-11-20(25)30)10-21(31)27-23(22)29(28-12)24-26-16-6-5-14(32-2)9-19(16)35-24/h4-9,15H,10-11H2,1-3H3,(H2,25,30)(H,27,31)/t15-/m0/s1. The van der Waals surface area contributed by atoms with E-state index < -0.39 is 5.91 Å². The van der Waals surface area contributed by atoms with Gasteiger partial charge in [0.15, 0.2) is 18.1 Å². The monoisotopic (exact) mass is 493 g/mol. The molecule has 1 aliphatic heterocycles. The maximum absolute atomic E-state index is 12.8. The van der Waals surface area contributed by atoms with Gasteiger partial charge in [-0.2, -0.15) is 9.78 Å². The Hall–Kier alpha value is -4.12. The molecule has 0 saturated heterocycles. The summed E-state index contributed by atoms with van der Waals surface area (Å²) in [5, 5.41) is 8.36. The Bertz CT molecular complexity index is 1460. The number of benzene rings is 2. The highest BCUT2D eigenvalue weighted by Crippen LogP contribution is 2.43. The molecule has 0 radical (unpaired) electrons. The first kappa shape index (κ1) is 22.7. The summed E-state index contributed by atoms with van der Waals surface area (Å²) in [6, 6.07) is 11.1. The molecule has 1 aliphatic rings. The van der Waals surface area contributed by atoms with E-state index in [2.05, 4.69) is 5.32 Å². The Morgan fingerprint density at radius 3 is 2.77 bits per heavy atom. The van der Waals surface area contributed by atoms with Crippen LogP contribution in [0.2, 0.25) is 0 Å². The van der Waals surface area contributed by atoms with E-state index in [1.807, 2.05) is 37.3 Å². The minimum atomic E-state index is -0.582. The molecule has 3 N–H and O–H groups in total. The first-order valence-electron chi connectivity index (χ1n) is 10.8. The van der Waals surface area contributed by atoms with Crippen LogP contribution in [0.25, 0.3) is 15.3 Å². The summed E-state index contributed by atoms with van der Waals surface area (Å²) in [6.07, 6.45) is 0.251. The van der Waals surface area contributed by atoms with Crippen LogP contribution in [0.3, 0.4) is 0 Å². The normalized spacial score (nSPS) is 14.9. The van der Waals surface area contributed by atoms with Crippen LogP contribution < -0.4 is 25.3 Å². The maximum atomic E-state index is 12.8. The van der Waals surface area contributed by atoms with Gasteiger partial charge in [0.1, 0.15) is 11.6 Å². The minimum Gasteiger partial charge on any atom is -0.497 e. The number of anilines is 1. The summed E-state index contributed by atoms with van der Waals surface area (Å²) in [7, 11) is 3.14. The van der Waals surface area contributed by atoms with Crippen LogP contribution in [0.15, 0.2) is 36.4 Å². The minimum absolute atomic E-state index is 0.126. The van der Waals surface area contributed by atoms with Crippen molar-refractivity contribution in [2.75, 3.05) is 26.1 Å². The lowest BCUT2D eigenvalue weighted by atomic mass is 9.85. The van der Waals surface area contributed by atoms with Gasteiger partial charge in [0.05, 0.1) is 30.1 Å². The number of aryl methyl sites for hydroxylation is 1. The Morgan fingerprint density at radius 2 is 2.03 bits per heavy atom. The second-order valence-electron chi connectivity index (χ2n) is 8.06. The zero-order chi connectivity index (χ0) is 24.7. The van der Waals surface area contributed by atoms with Crippen LogP contribution in [0.4, 0.5) is 5.82 Å². The smallest absolute Gasteiger partial charge is 0.255 e. The van der Waals surface area contributed by atoms with E-state index in [9.17, 15) is 9.59 Å². The molecule has 11 heteroatoms. The molecule has 10 nitrogen and oxygen atoms in total. The number of nitrogens with two attached hydrogens (primary N) is 1. The summed E-state index contributed by atoms with van der Waals surface area (Å²) in [6.45, 7) is 1.66. The molecule has 35 heavy (non-hydrogen) atoms. The lowest BCUT2D eigenvalue weighted by molar-refractivity contribution is -0.120. The van der Waals surface area contributed by atoms with Crippen molar-refractivity contribution in [2.24, 2.45) is 5.73 Å². The third-order valence-corrected chi connectivity index (χ3v) is 6.82. The molecule has 1 atom stereocenters. The number of nitrogens with zero attached hydrogens (tertiary/aromatic N) is 3. The summed E-state index contributed by atoms with van der Waals surface area (Å²) in [5.41, 5.74) is 8.57. The molecular formula is C24H23N5O5S. The number of ether oxygens (including phenoxy) is 3. The van der Waals surface area contributed by atoms with Crippen LogP contribution >= 0.6 is 11.3 Å².